The van der Waals surface area contributed by atoms with Crippen molar-refractivity contribution in [1.82, 2.24) is 0 Å². The molecule has 84 valence electrons. The zero-order chi connectivity index (χ0) is 11.4. The summed E-state index contributed by atoms with van der Waals surface area (Å²) >= 11 is 7.41. The Balaban J connectivity index is 2.42. The molecule has 15 heavy (non-hydrogen) atoms. The van der Waals surface area contributed by atoms with Crippen LogP contribution in [0.4, 0.5) is 0 Å². The van der Waals surface area contributed by atoms with E-state index in [1.807, 2.05) is 0 Å². The number of allylic oxidation sites excluding steroid dienone is 2. The van der Waals surface area contributed by atoms with Crippen molar-refractivity contribution in [2.45, 2.75) is 37.9 Å². The van der Waals surface area contributed by atoms with Gasteiger partial charge in [-0.1, -0.05) is 64.4 Å². The highest BCUT2D eigenvalue weighted by atomic mass is 79.9. The molecule has 0 spiro atoms. The van der Waals surface area contributed by atoms with Gasteiger partial charge in [0.25, 0.3) is 0 Å². The summed E-state index contributed by atoms with van der Waals surface area (Å²) in [6, 6.07) is 0. The summed E-state index contributed by atoms with van der Waals surface area (Å²) in [7, 11) is 0. The van der Waals surface area contributed by atoms with Gasteiger partial charge >= 0.3 is 0 Å². The van der Waals surface area contributed by atoms with Crippen LogP contribution < -0.4 is 0 Å². The van der Waals surface area contributed by atoms with E-state index in [1.165, 1.54) is 18.4 Å². The first-order valence-corrected chi connectivity index (χ1v) is 7.19. The summed E-state index contributed by atoms with van der Waals surface area (Å²) in [5, 5.41) is 0. The van der Waals surface area contributed by atoms with Gasteiger partial charge in [-0.05, 0) is 40.5 Å². The molecule has 0 N–H and O–H groups in total. The Kier molecular flexibility index (Phi) is 2.75. The zero-order valence-electron chi connectivity index (χ0n) is 9.45. The van der Waals surface area contributed by atoms with Crippen molar-refractivity contribution >= 4 is 31.9 Å². The van der Waals surface area contributed by atoms with Gasteiger partial charge in [-0.15, -0.1) is 0 Å². The monoisotopic (exact) mass is 332 g/mol. The smallest absolute Gasteiger partial charge is 0.0219 e. The van der Waals surface area contributed by atoms with Gasteiger partial charge in [-0.3, -0.25) is 0 Å². The van der Waals surface area contributed by atoms with Gasteiger partial charge in [0.1, 0.15) is 0 Å². The molecule has 2 aliphatic rings. The van der Waals surface area contributed by atoms with Crippen LogP contribution in [0.25, 0.3) is 0 Å². The minimum absolute atomic E-state index is 0.237. The molecular weight excluding hydrogens is 316 g/mol. The third kappa shape index (κ3) is 1.44. The molecule has 0 aromatic rings. The second-order valence-electron chi connectivity index (χ2n) is 5.60. The lowest BCUT2D eigenvalue weighted by Crippen LogP contribution is -2.41. The fourth-order valence-electron chi connectivity index (χ4n) is 3.61. The average Bonchev–Trinajstić information content (AvgIpc) is 2.49. The van der Waals surface area contributed by atoms with E-state index in [9.17, 15) is 0 Å². The summed E-state index contributed by atoms with van der Waals surface area (Å²) < 4.78 is 1.12. The summed E-state index contributed by atoms with van der Waals surface area (Å²) in [6.45, 7) is 13.0. The molecule has 0 nitrogen and oxygen atoms in total. The van der Waals surface area contributed by atoms with E-state index < -0.39 is 0 Å². The number of hydrogen-bond acceptors (Lipinski definition) is 0. The Morgan fingerprint density at radius 3 is 2.60 bits per heavy atom. The van der Waals surface area contributed by atoms with Gasteiger partial charge in [-0.25, -0.2) is 0 Å². The summed E-state index contributed by atoms with van der Waals surface area (Å²) in [5.74, 6) is 0.719. The van der Waals surface area contributed by atoms with Crippen LogP contribution in [0.3, 0.4) is 0 Å². The molecule has 0 aromatic carbocycles. The van der Waals surface area contributed by atoms with Crippen molar-refractivity contribution in [3.63, 3.8) is 0 Å². The van der Waals surface area contributed by atoms with Crippen LogP contribution in [-0.4, -0.2) is 4.83 Å². The SMILES string of the molecule is C=C(Br)CC12CC(CC1Br)C(=C)C2(C)C. The van der Waals surface area contributed by atoms with Gasteiger partial charge in [0.05, 0.1) is 0 Å². The van der Waals surface area contributed by atoms with Gasteiger partial charge < -0.3 is 0 Å². The Hall–Kier alpha value is 0.440. The molecule has 0 aliphatic heterocycles. The van der Waals surface area contributed by atoms with Crippen molar-refractivity contribution < 1.29 is 0 Å². The summed E-state index contributed by atoms with van der Waals surface area (Å²) in [4.78, 5) is 0.616. The molecule has 2 bridgehead atoms. The van der Waals surface area contributed by atoms with E-state index in [2.05, 4.69) is 58.9 Å². The van der Waals surface area contributed by atoms with E-state index in [4.69, 9.17) is 0 Å². The van der Waals surface area contributed by atoms with E-state index in [1.54, 1.807) is 0 Å². The molecule has 0 radical (unpaired) electrons. The van der Waals surface area contributed by atoms with Crippen LogP contribution in [0, 0.1) is 16.7 Å². The minimum Gasteiger partial charge on any atom is -0.0990 e. The van der Waals surface area contributed by atoms with Crippen LogP contribution in [0.5, 0.6) is 0 Å². The highest BCUT2D eigenvalue weighted by molar-refractivity contribution is 9.11. The number of hydrogen-bond donors (Lipinski definition) is 0. The quantitative estimate of drug-likeness (QED) is 0.490. The van der Waals surface area contributed by atoms with E-state index >= 15 is 0 Å². The number of alkyl halides is 1. The van der Waals surface area contributed by atoms with Gasteiger partial charge in [0.15, 0.2) is 0 Å². The molecule has 2 fully saturated rings. The third-order valence-corrected chi connectivity index (χ3v) is 6.28. The van der Waals surface area contributed by atoms with Crippen LogP contribution >= 0.6 is 31.9 Å². The van der Waals surface area contributed by atoms with Crippen molar-refractivity contribution in [2.24, 2.45) is 16.7 Å². The van der Waals surface area contributed by atoms with Gasteiger partial charge in [-0.2, -0.15) is 0 Å². The largest absolute Gasteiger partial charge is 0.0990 e. The first-order valence-electron chi connectivity index (χ1n) is 5.48. The van der Waals surface area contributed by atoms with E-state index in [-0.39, 0.29) is 5.41 Å². The molecule has 2 saturated carbocycles. The van der Waals surface area contributed by atoms with Crippen LogP contribution in [0.2, 0.25) is 0 Å². The van der Waals surface area contributed by atoms with Crippen molar-refractivity contribution in [3.8, 4) is 0 Å². The number of fused-ring (bicyclic) bond motifs is 2. The van der Waals surface area contributed by atoms with Crippen molar-refractivity contribution in [2.75, 3.05) is 0 Å². The minimum atomic E-state index is 0.237. The predicted octanol–water partition coefficient (Wildman–Crippen LogP) is 5.04. The highest BCUT2D eigenvalue weighted by Crippen LogP contribution is 2.70. The lowest BCUT2D eigenvalue weighted by molar-refractivity contribution is 0.145. The molecule has 3 atom stereocenters. The fourth-order valence-corrected chi connectivity index (χ4v) is 5.49. The second-order valence-corrected chi connectivity index (χ2v) is 7.83. The fraction of sp³-hybridized carbons (Fsp3) is 0.692. The van der Waals surface area contributed by atoms with Crippen molar-refractivity contribution in [1.29, 1.82) is 0 Å². The normalized spacial score (nSPS) is 42.3. The van der Waals surface area contributed by atoms with Crippen LogP contribution in [0.1, 0.15) is 33.1 Å². The number of rotatable bonds is 2. The third-order valence-electron chi connectivity index (χ3n) is 4.75. The Morgan fingerprint density at radius 1 is 1.53 bits per heavy atom. The summed E-state index contributed by atoms with van der Waals surface area (Å²) in [6.07, 6.45) is 3.59. The maximum Gasteiger partial charge on any atom is 0.0219 e. The first kappa shape index (κ1) is 11.9. The Labute approximate surface area is 109 Å². The van der Waals surface area contributed by atoms with Crippen molar-refractivity contribution in [3.05, 3.63) is 23.2 Å². The van der Waals surface area contributed by atoms with Crippen LogP contribution in [-0.2, 0) is 0 Å². The second kappa shape index (κ2) is 3.46. The standard InChI is InChI=1S/C13H18Br2/c1-8(14)6-13-7-10(5-11(13)15)9(2)12(13,3)4/h10-11H,1-2,5-7H2,3-4H3. The topological polar surface area (TPSA) is 0 Å². The predicted molar refractivity (Wildman–Crippen MR) is 73.5 cm³/mol. The zero-order valence-corrected chi connectivity index (χ0v) is 12.6. The maximum atomic E-state index is 4.31. The molecular formula is C13H18Br2. The number of halogens is 2. The average molecular weight is 334 g/mol. The first-order chi connectivity index (χ1) is 6.81. The molecule has 3 unspecified atom stereocenters. The summed E-state index contributed by atoms with van der Waals surface area (Å²) in [5.41, 5.74) is 2.02. The molecule has 2 rings (SSSR count). The molecule has 2 aliphatic carbocycles. The molecule has 2 heteroatoms. The molecule has 0 heterocycles. The molecule has 0 aromatic heterocycles. The van der Waals surface area contributed by atoms with E-state index in [0.29, 0.717) is 10.2 Å². The maximum absolute atomic E-state index is 4.31. The Morgan fingerprint density at radius 2 is 2.13 bits per heavy atom. The van der Waals surface area contributed by atoms with E-state index in [0.717, 1.165) is 16.8 Å². The molecule has 0 amide bonds. The van der Waals surface area contributed by atoms with Gasteiger partial charge in [0.2, 0.25) is 0 Å². The molecule has 0 saturated heterocycles. The van der Waals surface area contributed by atoms with Crippen LogP contribution in [0.15, 0.2) is 23.2 Å². The Bertz CT molecular complexity index is 329. The highest BCUT2D eigenvalue weighted by Gasteiger charge is 2.62. The lowest BCUT2D eigenvalue weighted by atomic mass is 9.61. The van der Waals surface area contributed by atoms with Gasteiger partial charge in [0, 0.05) is 4.83 Å². The lowest BCUT2D eigenvalue weighted by Gasteiger charge is -2.46.